The minimum Gasteiger partial charge on any atom is -0.244 e. The van der Waals surface area contributed by atoms with Gasteiger partial charge in [-0.25, -0.2) is 13.5 Å². The molecule has 5 heteroatoms. The van der Waals surface area contributed by atoms with Crippen molar-refractivity contribution in [1.29, 1.82) is 0 Å². The van der Waals surface area contributed by atoms with E-state index in [4.69, 9.17) is 11.6 Å². The summed E-state index contributed by atoms with van der Waals surface area (Å²) in [6, 6.07) is 4.17. The maximum atomic E-state index is 12.3. The van der Waals surface area contributed by atoms with Crippen molar-refractivity contribution in [1.82, 2.24) is 9.29 Å². The molecule has 0 radical (unpaired) electrons. The molecule has 0 spiro atoms. The van der Waals surface area contributed by atoms with Gasteiger partial charge < -0.3 is 0 Å². The van der Waals surface area contributed by atoms with Gasteiger partial charge in [0.2, 0.25) is 0 Å². The van der Waals surface area contributed by atoms with Crippen LogP contribution in [-0.2, 0) is 11.0 Å². The van der Waals surface area contributed by atoms with E-state index >= 15 is 0 Å². The number of nitrogens with zero attached hydrogens (tertiary/aromatic N) is 2. The van der Waals surface area contributed by atoms with Crippen LogP contribution in [0.3, 0.4) is 0 Å². The highest BCUT2D eigenvalue weighted by atomic mass is 35.5. The fourth-order valence-corrected chi connectivity index (χ4v) is 3.59. The van der Waals surface area contributed by atoms with E-state index in [1.165, 1.54) is 0 Å². The molecule has 0 aromatic carbocycles. The highest BCUT2D eigenvalue weighted by molar-refractivity contribution is 7.82. The molecule has 0 amide bonds. The summed E-state index contributed by atoms with van der Waals surface area (Å²) in [4.78, 5) is 4.12. The first-order valence-electron chi connectivity index (χ1n) is 5.41. The lowest BCUT2D eigenvalue weighted by Crippen LogP contribution is -2.34. The van der Waals surface area contributed by atoms with E-state index in [9.17, 15) is 4.21 Å². The van der Waals surface area contributed by atoms with Gasteiger partial charge in [-0.3, -0.25) is 0 Å². The molecule has 88 valence electrons. The Balaban J connectivity index is 2.21. The lowest BCUT2D eigenvalue weighted by Gasteiger charge is -2.23. The van der Waals surface area contributed by atoms with Crippen molar-refractivity contribution in [2.45, 2.75) is 43.8 Å². The molecular formula is C11H15ClN2OS. The lowest BCUT2D eigenvalue weighted by atomic mass is 10.2. The van der Waals surface area contributed by atoms with Crippen LogP contribution in [0.1, 0.15) is 26.7 Å². The molecule has 3 atom stereocenters. The Bertz CT molecular complexity index is 385. The van der Waals surface area contributed by atoms with Gasteiger partial charge in [-0.15, -0.1) is 0 Å². The van der Waals surface area contributed by atoms with E-state index in [1.807, 2.05) is 4.31 Å². The number of aromatic nitrogens is 1. The summed E-state index contributed by atoms with van der Waals surface area (Å²) >= 11 is 5.76. The topological polar surface area (TPSA) is 33.2 Å². The Hall–Kier alpha value is -0.450. The fraction of sp³-hybridized carbons (Fsp3) is 0.545. The van der Waals surface area contributed by atoms with E-state index in [-0.39, 0.29) is 0 Å². The molecule has 2 rings (SSSR count). The van der Waals surface area contributed by atoms with Gasteiger partial charge >= 0.3 is 0 Å². The van der Waals surface area contributed by atoms with Crippen molar-refractivity contribution >= 4 is 22.6 Å². The van der Waals surface area contributed by atoms with Crippen LogP contribution < -0.4 is 0 Å². The molecule has 3 nitrogen and oxygen atoms in total. The molecule has 0 N–H and O–H groups in total. The van der Waals surface area contributed by atoms with Crippen molar-refractivity contribution in [2.75, 3.05) is 0 Å². The van der Waals surface area contributed by atoms with Crippen molar-refractivity contribution in [2.24, 2.45) is 0 Å². The Morgan fingerprint density at radius 1 is 1.38 bits per heavy atom. The van der Waals surface area contributed by atoms with Gasteiger partial charge in [-0.1, -0.05) is 11.6 Å². The number of hydrogen-bond donors (Lipinski definition) is 0. The lowest BCUT2D eigenvalue weighted by molar-refractivity contribution is 0.373. The van der Waals surface area contributed by atoms with Crippen LogP contribution in [0.5, 0.6) is 0 Å². The third kappa shape index (κ3) is 2.29. The summed E-state index contributed by atoms with van der Waals surface area (Å²) in [6.07, 6.45) is 3.74. The second-order valence-electron chi connectivity index (χ2n) is 4.20. The summed E-state index contributed by atoms with van der Waals surface area (Å²) in [5.41, 5.74) is 0. The summed E-state index contributed by atoms with van der Waals surface area (Å²) in [5.74, 6) is 0. The minimum atomic E-state index is -1.16. The first kappa shape index (κ1) is 12.0. The third-order valence-corrected chi connectivity index (χ3v) is 4.87. The minimum absolute atomic E-state index is 0.355. The van der Waals surface area contributed by atoms with Crippen LogP contribution in [0.15, 0.2) is 23.4 Å². The van der Waals surface area contributed by atoms with Crippen LogP contribution in [0, 0.1) is 0 Å². The largest absolute Gasteiger partial charge is 0.244 e. The van der Waals surface area contributed by atoms with Gasteiger partial charge in [0.25, 0.3) is 0 Å². The first-order chi connectivity index (χ1) is 7.59. The molecule has 0 bridgehead atoms. The normalized spacial score (nSPS) is 28.2. The Kier molecular flexibility index (Phi) is 3.62. The molecule has 1 aliphatic heterocycles. The van der Waals surface area contributed by atoms with E-state index in [0.29, 0.717) is 22.1 Å². The maximum absolute atomic E-state index is 12.3. The summed E-state index contributed by atoms with van der Waals surface area (Å²) < 4.78 is 14.3. The van der Waals surface area contributed by atoms with E-state index in [2.05, 4.69) is 18.8 Å². The van der Waals surface area contributed by atoms with Crippen molar-refractivity contribution < 1.29 is 4.21 Å². The Morgan fingerprint density at radius 2 is 2.00 bits per heavy atom. The SMILES string of the molecule is C[C@@H]1CC[C@H](C)N1S(=O)c1ccc(Cl)cn1. The van der Waals surface area contributed by atoms with Gasteiger partial charge in [0.1, 0.15) is 16.0 Å². The van der Waals surface area contributed by atoms with Crippen LogP contribution >= 0.6 is 11.6 Å². The number of rotatable bonds is 2. The summed E-state index contributed by atoms with van der Waals surface area (Å²) in [5, 5.41) is 1.16. The molecule has 1 saturated heterocycles. The van der Waals surface area contributed by atoms with Gasteiger partial charge in [0.05, 0.1) is 5.02 Å². The van der Waals surface area contributed by atoms with E-state index < -0.39 is 11.0 Å². The Morgan fingerprint density at radius 3 is 2.50 bits per heavy atom. The molecule has 1 unspecified atom stereocenters. The molecular weight excluding hydrogens is 244 g/mol. The van der Waals surface area contributed by atoms with Crippen LogP contribution in [0.2, 0.25) is 5.02 Å². The zero-order valence-electron chi connectivity index (χ0n) is 9.39. The zero-order chi connectivity index (χ0) is 11.7. The second kappa shape index (κ2) is 4.82. The summed E-state index contributed by atoms with van der Waals surface area (Å²) in [6.45, 7) is 4.22. The van der Waals surface area contributed by atoms with Crippen LogP contribution in [0.25, 0.3) is 0 Å². The maximum Gasteiger partial charge on any atom is 0.147 e. The first-order valence-corrected chi connectivity index (χ1v) is 6.90. The highest BCUT2D eigenvalue weighted by Crippen LogP contribution is 2.27. The van der Waals surface area contributed by atoms with Crippen LogP contribution in [-0.4, -0.2) is 25.6 Å². The molecule has 0 saturated carbocycles. The van der Waals surface area contributed by atoms with Gasteiger partial charge in [-0.2, -0.15) is 0 Å². The molecule has 1 aromatic heterocycles. The van der Waals surface area contributed by atoms with Crippen molar-refractivity contribution in [3.05, 3.63) is 23.4 Å². The quantitative estimate of drug-likeness (QED) is 0.817. The standard InChI is InChI=1S/C11H15ClN2OS/c1-8-3-4-9(2)14(8)16(15)11-6-5-10(12)7-13-11/h5-9H,3-4H2,1-2H3/t8-,9+,16?. The predicted molar refractivity (Wildman–Crippen MR) is 65.7 cm³/mol. The molecule has 2 heterocycles. The number of halogens is 1. The smallest absolute Gasteiger partial charge is 0.147 e. The highest BCUT2D eigenvalue weighted by Gasteiger charge is 2.32. The zero-order valence-corrected chi connectivity index (χ0v) is 11.0. The van der Waals surface area contributed by atoms with E-state index in [0.717, 1.165) is 12.8 Å². The summed E-state index contributed by atoms with van der Waals surface area (Å²) in [7, 11) is -1.16. The fourth-order valence-electron chi connectivity index (χ4n) is 2.07. The number of hydrogen-bond acceptors (Lipinski definition) is 2. The molecule has 1 fully saturated rings. The second-order valence-corrected chi connectivity index (χ2v) is 5.97. The molecule has 1 aliphatic rings. The molecule has 16 heavy (non-hydrogen) atoms. The average molecular weight is 259 g/mol. The van der Waals surface area contributed by atoms with Crippen molar-refractivity contribution in [3.63, 3.8) is 0 Å². The Labute approximate surface area is 103 Å². The monoisotopic (exact) mass is 258 g/mol. The van der Waals surface area contributed by atoms with E-state index in [1.54, 1.807) is 18.3 Å². The molecule has 0 aliphatic carbocycles. The van der Waals surface area contributed by atoms with Gasteiger partial charge in [0, 0.05) is 18.3 Å². The van der Waals surface area contributed by atoms with Gasteiger partial charge in [-0.05, 0) is 38.8 Å². The predicted octanol–water partition coefficient (Wildman–Crippen LogP) is 2.63. The molecule has 1 aromatic rings. The third-order valence-electron chi connectivity index (χ3n) is 2.94. The van der Waals surface area contributed by atoms with Crippen molar-refractivity contribution in [3.8, 4) is 0 Å². The number of pyridine rings is 1. The van der Waals surface area contributed by atoms with Gasteiger partial charge in [0.15, 0.2) is 0 Å². The average Bonchev–Trinajstić information content (AvgIpc) is 2.59. The van der Waals surface area contributed by atoms with Crippen LogP contribution in [0.4, 0.5) is 0 Å².